The van der Waals surface area contributed by atoms with Crippen molar-refractivity contribution in [1.29, 1.82) is 0 Å². The van der Waals surface area contributed by atoms with Gasteiger partial charge in [0, 0.05) is 32.8 Å². The smallest absolute Gasteiger partial charge is 0.0459 e. The fourth-order valence-corrected chi connectivity index (χ4v) is 2.10. The fraction of sp³-hybridized carbons (Fsp3) is 1.00. The van der Waals surface area contributed by atoms with Crippen LogP contribution in [-0.2, 0) is 0 Å². The van der Waals surface area contributed by atoms with Crippen LogP contribution in [0.1, 0.15) is 26.2 Å². The molecule has 1 rings (SSSR count). The Morgan fingerprint density at radius 3 is 2.40 bits per heavy atom. The van der Waals surface area contributed by atoms with Crippen molar-refractivity contribution in [2.45, 2.75) is 26.2 Å². The van der Waals surface area contributed by atoms with Gasteiger partial charge in [0.25, 0.3) is 0 Å². The molecule has 0 aromatic rings. The van der Waals surface area contributed by atoms with E-state index >= 15 is 0 Å². The maximum Gasteiger partial charge on any atom is 0.0459 e. The molecule has 1 aliphatic heterocycles. The number of nitrogens with zero attached hydrogens (tertiary/aromatic N) is 2. The molecule has 0 amide bonds. The molecule has 0 aromatic heterocycles. The SMILES string of the molecule is CCC(CO)CCCN1CCN(C)CC1. The van der Waals surface area contributed by atoms with Crippen molar-refractivity contribution in [3.8, 4) is 0 Å². The van der Waals surface area contributed by atoms with Gasteiger partial charge < -0.3 is 14.9 Å². The summed E-state index contributed by atoms with van der Waals surface area (Å²) < 4.78 is 0. The van der Waals surface area contributed by atoms with E-state index in [0.29, 0.717) is 12.5 Å². The summed E-state index contributed by atoms with van der Waals surface area (Å²) in [5.41, 5.74) is 0. The largest absolute Gasteiger partial charge is 0.396 e. The van der Waals surface area contributed by atoms with Gasteiger partial charge in [0.15, 0.2) is 0 Å². The number of aliphatic hydroxyl groups excluding tert-OH is 1. The van der Waals surface area contributed by atoms with Crippen LogP contribution in [0.3, 0.4) is 0 Å². The van der Waals surface area contributed by atoms with Gasteiger partial charge in [-0.1, -0.05) is 13.3 Å². The monoisotopic (exact) mass is 214 g/mol. The zero-order valence-electron chi connectivity index (χ0n) is 10.3. The van der Waals surface area contributed by atoms with Gasteiger partial charge in [0.05, 0.1) is 0 Å². The maximum atomic E-state index is 9.08. The van der Waals surface area contributed by atoms with E-state index in [0.717, 1.165) is 6.42 Å². The lowest BCUT2D eigenvalue weighted by molar-refractivity contribution is 0.145. The molecule has 0 saturated carbocycles. The van der Waals surface area contributed by atoms with Gasteiger partial charge >= 0.3 is 0 Å². The highest BCUT2D eigenvalue weighted by molar-refractivity contribution is 4.69. The molecule has 3 heteroatoms. The second kappa shape index (κ2) is 7.20. The Labute approximate surface area is 94.1 Å². The Bertz CT molecular complexity index is 152. The minimum Gasteiger partial charge on any atom is -0.396 e. The first-order valence-corrected chi connectivity index (χ1v) is 6.28. The van der Waals surface area contributed by atoms with E-state index in [1.54, 1.807) is 0 Å². The lowest BCUT2D eigenvalue weighted by atomic mass is 10.0. The lowest BCUT2D eigenvalue weighted by Crippen LogP contribution is -2.44. The minimum absolute atomic E-state index is 0.360. The Morgan fingerprint density at radius 2 is 1.87 bits per heavy atom. The molecule has 1 N–H and O–H groups in total. The van der Waals surface area contributed by atoms with E-state index in [1.807, 2.05) is 0 Å². The van der Waals surface area contributed by atoms with Gasteiger partial charge in [0.1, 0.15) is 0 Å². The van der Waals surface area contributed by atoms with Crippen LogP contribution in [0.15, 0.2) is 0 Å². The highest BCUT2D eigenvalue weighted by Gasteiger charge is 2.13. The fourth-order valence-electron chi connectivity index (χ4n) is 2.10. The van der Waals surface area contributed by atoms with E-state index in [4.69, 9.17) is 5.11 Å². The Morgan fingerprint density at radius 1 is 1.20 bits per heavy atom. The average Bonchev–Trinajstić information content (AvgIpc) is 2.27. The molecule has 0 radical (unpaired) electrons. The standard InChI is InChI=1S/C12H26N2O/c1-3-12(11-15)5-4-6-14-9-7-13(2)8-10-14/h12,15H,3-11H2,1-2H3. The van der Waals surface area contributed by atoms with Crippen LogP contribution < -0.4 is 0 Å². The molecule has 0 aliphatic carbocycles. The van der Waals surface area contributed by atoms with Crippen molar-refractivity contribution in [2.24, 2.45) is 5.92 Å². The third kappa shape index (κ3) is 4.96. The van der Waals surface area contributed by atoms with Crippen LogP contribution in [0.5, 0.6) is 0 Å². The quantitative estimate of drug-likeness (QED) is 0.715. The van der Waals surface area contributed by atoms with Crippen molar-refractivity contribution in [1.82, 2.24) is 9.80 Å². The van der Waals surface area contributed by atoms with Crippen LogP contribution in [0.4, 0.5) is 0 Å². The second-order valence-electron chi connectivity index (χ2n) is 4.74. The third-order valence-electron chi connectivity index (χ3n) is 3.52. The predicted molar refractivity (Wildman–Crippen MR) is 64.0 cm³/mol. The molecule has 90 valence electrons. The summed E-state index contributed by atoms with van der Waals surface area (Å²) in [6.45, 7) is 8.58. The number of rotatable bonds is 6. The third-order valence-corrected chi connectivity index (χ3v) is 3.52. The van der Waals surface area contributed by atoms with Crippen LogP contribution in [-0.4, -0.2) is 61.3 Å². The number of piperazine rings is 1. The minimum atomic E-state index is 0.360. The van der Waals surface area contributed by atoms with Crippen molar-refractivity contribution < 1.29 is 5.11 Å². The van der Waals surface area contributed by atoms with Crippen LogP contribution >= 0.6 is 0 Å². The molecule has 1 aliphatic rings. The Balaban J connectivity index is 2.04. The molecule has 1 heterocycles. The van der Waals surface area contributed by atoms with Gasteiger partial charge in [-0.3, -0.25) is 0 Å². The zero-order valence-corrected chi connectivity index (χ0v) is 10.3. The van der Waals surface area contributed by atoms with Gasteiger partial charge in [-0.05, 0) is 32.4 Å². The Hall–Kier alpha value is -0.120. The first-order valence-electron chi connectivity index (χ1n) is 6.28. The zero-order chi connectivity index (χ0) is 11.1. The first-order chi connectivity index (χ1) is 7.26. The van der Waals surface area contributed by atoms with Gasteiger partial charge in [-0.15, -0.1) is 0 Å². The Kier molecular flexibility index (Phi) is 6.22. The topological polar surface area (TPSA) is 26.7 Å². The second-order valence-corrected chi connectivity index (χ2v) is 4.74. The maximum absolute atomic E-state index is 9.08. The molecule has 1 saturated heterocycles. The molecule has 0 bridgehead atoms. The molecule has 1 atom stereocenters. The van der Waals surface area contributed by atoms with E-state index in [-0.39, 0.29) is 0 Å². The van der Waals surface area contributed by atoms with Gasteiger partial charge in [-0.2, -0.15) is 0 Å². The molecule has 0 spiro atoms. The average molecular weight is 214 g/mol. The summed E-state index contributed by atoms with van der Waals surface area (Å²) in [4.78, 5) is 4.93. The predicted octanol–water partition coefficient (Wildman–Crippen LogP) is 1.03. The molecule has 0 aromatic carbocycles. The van der Waals surface area contributed by atoms with E-state index in [2.05, 4.69) is 23.8 Å². The van der Waals surface area contributed by atoms with Crippen molar-refractivity contribution in [3.63, 3.8) is 0 Å². The van der Waals surface area contributed by atoms with E-state index in [1.165, 1.54) is 45.6 Å². The van der Waals surface area contributed by atoms with Crippen molar-refractivity contribution >= 4 is 0 Å². The van der Waals surface area contributed by atoms with Crippen molar-refractivity contribution in [3.05, 3.63) is 0 Å². The summed E-state index contributed by atoms with van der Waals surface area (Å²) >= 11 is 0. The van der Waals surface area contributed by atoms with Crippen LogP contribution in [0, 0.1) is 5.92 Å². The molecular weight excluding hydrogens is 188 g/mol. The van der Waals surface area contributed by atoms with Crippen LogP contribution in [0.2, 0.25) is 0 Å². The van der Waals surface area contributed by atoms with E-state index < -0.39 is 0 Å². The summed E-state index contributed by atoms with van der Waals surface area (Å²) in [7, 11) is 2.19. The number of aliphatic hydroxyl groups is 1. The highest BCUT2D eigenvalue weighted by atomic mass is 16.3. The summed E-state index contributed by atoms with van der Waals surface area (Å²) in [6.07, 6.45) is 3.53. The highest BCUT2D eigenvalue weighted by Crippen LogP contribution is 2.11. The van der Waals surface area contributed by atoms with Crippen molar-refractivity contribution in [2.75, 3.05) is 46.4 Å². The number of hydrogen-bond acceptors (Lipinski definition) is 3. The molecule has 1 fully saturated rings. The van der Waals surface area contributed by atoms with Crippen LogP contribution in [0.25, 0.3) is 0 Å². The van der Waals surface area contributed by atoms with Gasteiger partial charge in [-0.25, -0.2) is 0 Å². The molecule has 15 heavy (non-hydrogen) atoms. The summed E-state index contributed by atoms with van der Waals surface area (Å²) in [5.74, 6) is 0.525. The van der Waals surface area contributed by atoms with Gasteiger partial charge in [0.2, 0.25) is 0 Å². The molecular formula is C12H26N2O. The number of hydrogen-bond donors (Lipinski definition) is 1. The first kappa shape index (κ1) is 12.9. The molecule has 3 nitrogen and oxygen atoms in total. The number of likely N-dealkylation sites (N-methyl/N-ethyl adjacent to an activating group) is 1. The summed E-state index contributed by atoms with van der Waals surface area (Å²) in [5, 5.41) is 9.08. The summed E-state index contributed by atoms with van der Waals surface area (Å²) in [6, 6.07) is 0. The van der Waals surface area contributed by atoms with E-state index in [9.17, 15) is 0 Å². The normalized spacial score (nSPS) is 21.8. The lowest BCUT2D eigenvalue weighted by Gasteiger charge is -2.32. The molecule has 1 unspecified atom stereocenters.